The average molecular weight is 191 g/mol. The van der Waals surface area contributed by atoms with Crippen LogP contribution in [0.25, 0.3) is 0 Å². The number of halogens is 1. The van der Waals surface area contributed by atoms with E-state index in [9.17, 15) is 4.39 Å². The number of anilines is 1. The monoisotopic (exact) mass is 191 g/mol. The third-order valence-electron chi connectivity index (χ3n) is 2.79. The van der Waals surface area contributed by atoms with Gasteiger partial charge in [0.25, 0.3) is 0 Å². The Labute approximate surface area is 83.6 Å². The van der Waals surface area contributed by atoms with Gasteiger partial charge in [-0.25, -0.2) is 4.39 Å². The highest BCUT2D eigenvalue weighted by Gasteiger charge is 2.14. The lowest BCUT2D eigenvalue weighted by molar-refractivity contribution is 0.627. The molecule has 1 N–H and O–H groups in total. The molecule has 0 aliphatic carbocycles. The van der Waals surface area contributed by atoms with Gasteiger partial charge in [0.05, 0.1) is 5.69 Å². The second kappa shape index (κ2) is 3.45. The van der Waals surface area contributed by atoms with Crippen molar-refractivity contribution in [2.24, 2.45) is 0 Å². The highest BCUT2D eigenvalue weighted by Crippen LogP contribution is 2.25. The first kappa shape index (κ1) is 9.25. The van der Waals surface area contributed by atoms with Gasteiger partial charge >= 0.3 is 0 Å². The Bertz CT molecular complexity index is 382. The molecule has 0 saturated heterocycles. The van der Waals surface area contributed by atoms with E-state index in [0.717, 1.165) is 12.0 Å². The van der Waals surface area contributed by atoms with E-state index in [-0.39, 0.29) is 11.9 Å². The highest BCUT2D eigenvalue weighted by atomic mass is 19.1. The van der Waals surface area contributed by atoms with E-state index < -0.39 is 0 Å². The van der Waals surface area contributed by atoms with Gasteiger partial charge in [-0.2, -0.15) is 0 Å². The quantitative estimate of drug-likeness (QED) is 0.621. The number of hydrogen-bond acceptors (Lipinski definition) is 1. The number of allylic oxidation sites excluding steroid dienone is 1. The van der Waals surface area contributed by atoms with Crippen molar-refractivity contribution in [3.05, 3.63) is 41.2 Å². The first-order valence-corrected chi connectivity index (χ1v) is 4.89. The van der Waals surface area contributed by atoms with Crippen LogP contribution in [0.5, 0.6) is 0 Å². The molecule has 0 spiro atoms. The molecule has 1 aromatic rings. The van der Waals surface area contributed by atoms with Crippen molar-refractivity contribution in [3.8, 4) is 0 Å². The second-order valence-corrected chi connectivity index (χ2v) is 3.79. The largest absolute Gasteiger partial charge is 0.376 e. The second-order valence-electron chi connectivity index (χ2n) is 3.79. The van der Waals surface area contributed by atoms with Crippen LogP contribution in [0.1, 0.15) is 19.4 Å². The Hall–Kier alpha value is -1.31. The molecular formula is C12H14FN. The average Bonchev–Trinajstić information content (AvgIpc) is 2.30. The molecule has 2 rings (SSSR count). The minimum absolute atomic E-state index is 0.155. The zero-order valence-electron chi connectivity index (χ0n) is 8.47. The van der Waals surface area contributed by atoms with Gasteiger partial charge in [0.2, 0.25) is 0 Å². The molecule has 2 heteroatoms. The molecular weight excluding hydrogens is 177 g/mol. The fraction of sp³-hybridized carbons (Fsp3) is 0.333. The third-order valence-corrected chi connectivity index (χ3v) is 2.79. The Morgan fingerprint density at radius 3 is 3.00 bits per heavy atom. The van der Waals surface area contributed by atoms with Crippen LogP contribution in [0.15, 0.2) is 29.8 Å². The molecule has 1 aliphatic heterocycles. The Kier molecular flexibility index (Phi) is 2.28. The molecule has 1 unspecified atom stereocenters. The van der Waals surface area contributed by atoms with Gasteiger partial charge in [-0.05, 0) is 31.9 Å². The summed E-state index contributed by atoms with van der Waals surface area (Å²) in [6.45, 7) is 4.12. The maximum atomic E-state index is 13.5. The Balaban J connectivity index is 2.45. The van der Waals surface area contributed by atoms with E-state index in [2.05, 4.69) is 18.3 Å². The predicted molar refractivity (Wildman–Crippen MR) is 56.9 cm³/mol. The van der Waals surface area contributed by atoms with Crippen molar-refractivity contribution < 1.29 is 4.39 Å². The minimum Gasteiger partial charge on any atom is -0.376 e. The summed E-state index contributed by atoms with van der Waals surface area (Å²) in [5, 5.41) is 3.20. The summed E-state index contributed by atoms with van der Waals surface area (Å²) in [7, 11) is 0. The Morgan fingerprint density at radius 1 is 1.43 bits per heavy atom. The van der Waals surface area contributed by atoms with Crippen molar-refractivity contribution in [1.82, 2.24) is 0 Å². The van der Waals surface area contributed by atoms with Crippen LogP contribution >= 0.6 is 0 Å². The normalized spacial score (nSPS) is 20.5. The van der Waals surface area contributed by atoms with Crippen LogP contribution < -0.4 is 5.32 Å². The molecule has 0 fully saturated rings. The molecule has 0 radical (unpaired) electrons. The van der Waals surface area contributed by atoms with Crippen LogP contribution in [-0.4, -0.2) is 6.04 Å². The maximum Gasteiger partial charge on any atom is 0.146 e. The summed E-state index contributed by atoms with van der Waals surface area (Å²) in [5.41, 5.74) is 2.96. The highest BCUT2D eigenvalue weighted by molar-refractivity contribution is 5.56. The molecule has 1 aliphatic rings. The van der Waals surface area contributed by atoms with Crippen LogP contribution in [0.4, 0.5) is 10.1 Å². The molecule has 1 atom stereocenters. The third kappa shape index (κ3) is 1.52. The van der Waals surface area contributed by atoms with Gasteiger partial charge in [0.1, 0.15) is 5.82 Å². The summed E-state index contributed by atoms with van der Waals surface area (Å²) in [6.07, 6.45) is 2.97. The van der Waals surface area contributed by atoms with E-state index in [0.29, 0.717) is 5.69 Å². The molecule has 14 heavy (non-hydrogen) atoms. The van der Waals surface area contributed by atoms with Crippen molar-refractivity contribution in [2.75, 3.05) is 5.32 Å². The summed E-state index contributed by atoms with van der Waals surface area (Å²) in [4.78, 5) is 0. The first-order valence-electron chi connectivity index (χ1n) is 4.89. The van der Waals surface area contributed by atoms with Crippen molar-refractivity contribution in [3.63, 3.8) is 0 Å². The van der Waals surface area contributed by atoms with Gasteiger partial charge in [-0.15, -0.1) is 0 Å². The van der Waals surface area contributed by atoms with Crippen molar-refractivity contribution in [1.29, 1.82) is 0 Å². The van der Waals surface area contributed by atoms with Gasteiger partial charge in [-0.3, -0.25) is 0 Å². The van der Waals surface area contributed by atoms with Crippen LogP contribution in [0.3, 0.4) is 0 Å². The van der Waals surface area contributed by atoms with E-state index in [1.807, 2.05) is 13.0 Å². The fourth-order valence-electron chi connectivity index (χ4n) is 1.68. The number of para-hydroxylation sites is 1. The summed E-state index contributed by atoms with van der Waals surface area (Å²) in [5.74, 6) is -0.155. The number of benzene rings is 1. The molecule has 0 saturated carbocycles. The molecule has 0 amide bonds. The van der Waals surface area contributed by atoms with E-state index in [1.165, 1.54) is 11.6 Å². The van der Waals surface area contributed by atoms with Gasteiger partial charge in [-0.1, -0.05) is 23.8 Å². The minimum atomic E-state index is -0.155. The smallest absolute Gasteiger partial charge is 0.146 e. The zero-order valence-corrected chi connectivity index (χ0v) is 8.47. The van der Waals surface area contributed by atoms with E-state index in [1.54, 1.807) is 6.07 Å². The number of hydrogen-bond donors (Lipinski definition) is 1. The molecule has 1 heterocycles. The summed E-state index contributed by atoms with van der Waals surface area (Å²) < 4.78 is 13.5. The van der Waals surface area contributed by atoms with Gasteiger partial charge in [0.15, 0.2) is 0 Å². The number of nitrogens with one attached hydrogen (secondary N) is 1. The SMILES string of the molecule is CC1=CCc2cccc(F)c2NC1C. The fourth-order valence-corrected chi connectivity index (χ4v) is 1.68. The lowest BCUT2D eigenvalue weighted by atomic mass is 10.1. The van der Waals surface area contributed by atoms with Crippen molar-refractivity contribution >= 4 is 5.69 Å². The summed E-state index contributed by atoms with van der Waals surface area (Å²) >= 11 is 0. The topological polar surface area (TPSA) is 12.0 Å². The summed E-state index contributed by atoms with van der Waals surface area (Å²) in [6, 6.07) is 5.44. The number of rotatable bonds is 0. The molecule has 0 bridgehead atoms. The molecule has 1 nitrogen and oxygen atoms in total. The lowest BCUT2D eigenvalue weighted by Crippen LogP contribution is -2.16. The molecule has 74 valence electrons. The zero-order chi connectivity index (χ0) is 10.1. The van der Waals surface area contributed by atoms with Gasteiger partial charge in [0, 0.05) is 6.04 Å². The van der Waals surface area contributed by atoms with Crippen LogP contribution in [0, 0.1) is 5.82 Å². The van der Waals surface area contributed by atoms with Crippen LogP contribution in [-0.2, 0) is 6.42 Å². The first-order chi connectivity index (χ1) is 6.68. The standard InChI is InChI=1S/C12H14FN/c1-8-6-7-10-4-3-5-11(13)12(10)14-9(8)2/h3-6,9,14H,7H2,1-2H3. The van der Waals surface area contributed by atoms with E-state index >= 15 is 0 Å². The predicted octanol–water partition coefficient (Wildman–Crippen LogP) is 3.13. The van der Waals surface area contributed by atoms with Gasteiger partial charge < -0.3 is 5.32 Å². The molecule has 0 aromatic heterocycles. The van der Waals surface area contributed by atoms with E-state index in [4.69, 9.17) is 0 Å². The van der Waals surface area contributed by atoms with Crippen LogP contribution in [0.2, 0.25) is 0 Å². The molecule has 1 aromatic carbocycles. The van der Waals surface area contributed by atoms with Crippen molar-refractivity contribution in [2.45, 2.75) is 26.3 Å². The number of fused-ring (bicyclic) bond motifs is 1. The lowest BCUT2D eigenvalue weighted by Gasteiger charge is -2.15. The maximum absolute atomic E-state index is 13.5. The Morgan fingerprint density at radius 2 is 2.21 bits per heavy atom.